The van der Waals surface area contributed by atoms with E-state index in [9.17, 15) is 4.79 Å². The van der Waals surface area contributed by atoms with E-state index in [1.54, 1.807) is 31.5 Å². The summed E-state index contributed by atoms with van der Waals surface area (Å²) in [6.45, 7) is 2.20. The van der Waals surface area contributed by atoms with Crippen LogP contribution in [-0.2, 0) is 11.3 Å². The van der Waals surface area contributed by atoms with E-state index in [1.165, 1.54) is 4.68 Å². The summed E-state index contributed by atoms with van der Waals surface area (Å²) in [5.74, 6) is 0. The average molecular weight is 286 g/mol. The van der Waals surface area contributed by atoms with Crippen molar-refractivity contribution < 1.29 is 4.74 Å². The number of aromatic amines is 1. The van der Waals surface area contributed by atoms with Crippen LogP contribution in [0.1, 0.15) is 30.7 Å². The molecule has 1 heterocycles. The summed E-state index contributed by atoms with van der Waals surface area (Å²) >= 11 is 0. The number of rotatable bonds is 5. The van der Waals surface area contributed by atoms with E-state index >= 15 is 0 Å². The first-order chi connectivity index (χ1) is 10.2. The zero-order valence-electron chi connectivity index (χ0n) is 12.1. The van der Waals surface area contributed by atoms with Crippen molar-refractivity contribution in [3.63, 3.8) is 0 Å². The number of methoxy groups -OCH3 is 1. The number of hydrogen-bond donors (Lipinski definition) is 2. The molecule has 1 unspecified atom stereocenters. The van der Waals surface area contributed by atoms with E-state index < -0.39 is 0 Å². The van der Waals surface area contributed by atoms with Gasteiger partial charge in [-0.2, -0.15) is 5.26 Å². The van der Waals surface area contributed by atoms with E-state index in [4.69, 9.17) is 15.7 Å². The summed E-state index contributed by atoms with van der Waals surface area (Å²) < 4.78 is 6.72. The molecule has 0 radical (unpaired) electrons. The largest absolute Gasteiger partial charge is 0.360 e. The van der Waals surface area contributed by atoms with Gasteiger partial charge in [0.05, 0.1) is 17.2 Å². The maximum Gasteiger partial charge on any atom is 0.276 e. The summed E-state index contributed by atoms with van der Waals surface area (Å²) in [4.78, 5) is 12.5. The average Bonchev–Trinajstić information content (AvgIpc) is 2.89. The molecule has 0 amide bonds. The molecular formula is C15H18N4O2. The lowest BCUT2D eigenvalue weighted by molar-refractivity contribution is 0.0284. The number of nitriles is 1. The molecule has 6 nitrogen and oxygen atoms in total. The van der Waals surface area contributed by atoms with Gasteiger partial charge >= 0.3 is 0 Å². The number of aromatic nitrogens is 2. The molecule has 0 spiro atoms. The lowest BCUT2D eigenvalue weighted by atomic mass is 10.00. The second kappa shape index (κ2) is 6.39. The minimum Gasteiger partial charge on any atom is -0.360 e. The molecule has 0 aliphatic rings. The number of H-pyrrole nitrogens is 1. The van der Waals surface area contributed by atoms with Crippen molar-refractivity contribution in [3.8, 4) is 17.2 Å². The number of hydrogen-bond acceptors (Lipinski definition) is 4. The van der Waals surface area contributed by atoms with Crippen LogP contribution in [-0.4, -0.2) is 16.9 Å². The molecule has 0 bridgehead atoms. The van der Waals surface area contributed by atoms with Crippen LogP contribution >= 0.6 is 0 Å². The van der Waals surface area contributed by atoms with Crippen molar-refractivity contribution in [3.05, 3.63) is 45.9 Å². The van der Waals surface area contributed by atoms with E-state index in [-0.39, 0.29) is 18.3 Å². The van der Waals surface area contributed by atoms with Crippen molar-refractivity contribution in [2.24, 2.45) is 5.73 Å². The SMILES string of the molecule is CCC(OC)n1[nH]cc(-c2ccc(C#N)cc2CN)c1=O. The molecule has 0 aliphatic carbocycles. The van der Waals surface area contributed by atoms with Crippen molar-refractivity contribution >= 4 is 0 Å². The van der Waals surface area contributed by atoms with Gasteiger partial charge in [-0.25, -0.2) is 4.68 Å². The Morgan fingerprint density at radius 3 is 2.81 bits per heavy atom. The standard InChI is InChI=1S/C15H18N4O2/c1-3-14(21-2)19-15(20)13(9-18-19)12-5-4-10(7-16)6-11(12)8-17/h4-6,9,14,18H,3,8,17H2,1-2H3. The fourth-order valence-corrected chi connectivity index (χ4v) is 2.34. The van der Waals surface area contributed by atoms with Crippen LogP contribution in [0.3, 0.4) is 0 Å². The number of nitrogens with zero attached hydrogens (tertiary/aromatic N) is 2. The topological polar surface area (TPSA) is 96.8 Å². The van der Waals surface area contributed by atoms with Gasteiger partial charge in [0.15, 0.2) is 6.23 Å². The van der Waals surface area contributed by atoms with Crippen LogP contribution < -0.4 is 11.3 Å². The smallest absolute Gasteiger partial charge is 0.276 e. The van der Waals surface area contributed by atoms with E-state index in [0.717, 1.165) is 11.1 Å². The van der Waals surface area contributed by atoms with E-state index in [1.807, 2.05) is 6.92 Å². The molecule has 1 atom stereocenters. The third-order valence-electron chi connectivity index (χ3n) is 3.45. The highest BCUT2D eigenvalue weighted by Gasteiger charge is 2.16. The molecule has 0 saturated heterocycles. The van der Waals surface area contributed by atoms with Crippen LogP contribution in [0, 0.1) is 11.3 Å². The van der Waals surface area contributed by atoms with Crippen molar-refractivity contribution in [2.45, 2.75) is 26.1 Å². The van der Waals surface area contributed by atoms with Crippen LogP contribution in [0.5, 0.6) is 0 Å². The molecule has 1 aromatic heterocycles. The van der Waals surface area contributed by atoms with Crippen LogP contribution in [0.2, 0.25) is 0 Å². The lowest BCUT2D eigenvalue weighted by Crippen LogP contribution is -2.24. The van der Waals surface area contributed by atoms with Crippen LogP contribution in [0.15, 0.2) is 29.2 Å². The third-order valence-corrected chi connectivity index (χ3v) is 3.45. The van der Waals surface area contributed by atoms with Gasteiger partial charge in [-0.1, -0.05) is 13.0 Å². The molecule has 1 aromatic carbocycles. The van der Waals surface area contributed by atoms with Crippen molar-refractivity contribution in [1.82, 2.24) is 9.78 Å². The number of nitrogens with one attached hydrogen (secondary N) is 1. The van der Waals surface area contributed by atoms with Gasteiger partial charge < -0.3 is 10.5 Å². The fourth-order valence-electron chi connectivity index (χ4n) is 2.34. The highest BCUT2D eigenvalue weighted by Crippen LogP contribution is 2.22. The van der Waals surface area contributed by atoms with Gasteiger partial charge in [0.25, 0.3) is 5.56 Å². The second-order valence-electron chi connectivity index (χ2n) is 4.65. The summed E-state index contributed by atoms with van der Waals surface area (Å²) in [6.07, 6.45) is 1.99. The monoisotopic (exact) mass is 286 g/mol. The third kappa shape index (κ3) is 2.75. The molecule has 21 heavy (non-hydrogen) atoms. The second-order valence-corrected chi connectivity index (χ2v) is 4.65. The molecule has 2 rings (SSSR count). The quantitative estimate of drug-likeness (QED) is 0.874. The van der Waals surface area contributed by atoms with Gasteiger partial charge in [0, 0.05) is 19.9 Å². The summed E-state index contributed by atoms with van der Waals surface area (Å²) in [7, 11) is 1.56. The fraction of sp³-hybridized carbons (Fsp3) is 0.333. The van der Waals surface area contributed by atoms with Gasteiger partial charge in [-0.15, -0.1) is 0 Å². The minimum atomic E-state index is -0.328. The number of ether oxygens (including phenoxy) is 1. The van der Waals surface area contributed by atoms with E-state index in [2.05, 4.69) is 11.2 Å². The first kappa shape index (κ1) is 15.0. The molecule has 0 saturated carbocycles. The maximum absolute atomic E-state index is 12.5. The number of benzene rings is 1. The Morgan fingerprint density at radius 2 is 2.24 bits per heavy atom. The van der Waals surface area contributed by atoms with Crippen molar-refractivity contribution in [2.75, 3.05) is 7.11 Å². The van der Waals surface area contributed by atoms with Gasteiger partial charge in [-0.3, -0.25) is 9.89 Å². The Hall–Kier alpha value is -2.36. The van der Waals surface area contributed by atoms with Crippen molar-refractivity contribution in [1.29, 1.82) is 5.26 Å². The zero-order chi connectivity index (χ0) is 15.4. The molecule has 3 N–H and O–H groups in total. The van der Waals surface area contributed by atoms with E-state index in [0.29, 0.717) is 17.5 Å². The minimum absolute atomic E-state index is 0.164. The Labute approximate surface area is 122 Å². The van der Waals surface area contributed by atoms with Crippen LogP contribution in [0.25, 0.3) is 11.1 Å². The maximum atomic E-state index is 12.5. The Kier molecular flexibility index (Phi) is 4.58. The number of nitrogens with two attached hydrogens (primary N) is 1. The summed E-state index contributed by atoms with van der Waals surface area (Å²) in [5.41, 5.74) is 8.12. The Balaban J connectivity index is 2.54. The first-order valence-electron chi connectivity index (χ1n) is 6.72. The molecule has 110 valence electrons. The molecule has 0 fully saturated rings. The van der Waals surface area contributed by atoms with Crippen LogP contribution in [0.4, 0.5) is 0 Å². The Morgan fingerprint density at radius 1 is 1.48 bits per heavy atom. The normalized spacial score (nSPS) is 12.1. The predicted molar refractivity (Wildman–Crippen MR) is 79.4 cm³/mol. The molecule has 0 aliphatic heterocycles. The van der Waals surface area contributed by atoms with Gasteiger partial charge in [-0.05, 0) is 29.7 Å². The predicted octanol–water partition coefficient (Wildman–Crippen LogP) is 1.73. The molecule has 2 aromatic rings. The zero-order valence-corrected chi connectivity index (χ0v) is 12.1. The highest BCUT2D eigenvalue weighted by atomic mass is 16.5. The molecule has 6 heteroatoms. The molecular weight excluding hydrogens is 268 g/mol. The summed E-state index contributed by atoms with van der Waals surface area (Å²) in [6, 6.07) is 7.21. The highest BCUT2D eigenvalue weighted by molar-refractivity contribution is 5.67. The summed E-state index contributed by atoms with van der Waals surface area (Å²) in [5, 5.41) is 11.9. The Bertz CT molecular complexity index is 720. The first-order valence-corrected chi connectivity index (χ1v) is 6.72. The van der Waals surface area contributed by atoms with Gasteiger partial charge in [0.2, 0.25) is 0 Å². The lowest BCUT2D eigenvalue weighted by Gasteiger charge is -2.13. The van der Waals surface area contributed by atoms with Gasteiger partial charge in [0.1, 0.15) is 0 Å².